The molecule has 2 heterocycles. The lowest BCUT2D eigenvalue weighted by Gasteiger charge is -2.08. The molecular formula is C26H22F2N2O2S. The highest BCUT2D eigenvalue weighted by Crippen LogP contribution is 2.35. The van der Waals surface area contributed by atoms with E-state index in [4.69, 9.17) is 14.5 Å². The number of methoxy groups -OCH3 is 1. The van der Waals surface area contributed by atoms with Gasteiger partial charge in [0.15, 0.2) is 5.13 Å². The largest absolute Gasteiger partial charge is 0.496 e. The van der Waals surface area contributed by atoms with Gasteiger partial charge >= 0.3 is 0 Å². The summed E-state index contributed by atoms with van der Waals surface area (Å²) in [7, 11) is 1.63. The van der Waals surface area contributed by atoms with Crippen LogP contribution < -0.4 is 14.8 Å². The number of halogens is 2. The number of anilines is 1. The van der Waals surface area contributed by atoms with E-state index in [0.29, 0.717) is 29.4 Å². The lowest BCUT2D eigenvalue weighted by molar-refractivity contribution is 0.357. The molecule has 0 amide bonds. The third-order valence-electron chi connectivity index (χ3n) is 5.57. The minimum Gasteiger partial charge on any atom is -0.496 e. The molecule has 1 aliphatic rings. The van der Waals surface area contributed by atoms with Crippen LogP contribution in [0, 0.1) is 11.6 Å². The summed E-state index contributed by atoms with van der Waals surface area (Å²) in [6.07, 6.45) is 1.45. The van der Waals surface area contributed by atoms with Gasteiger partial charge in [-0.05, 0) is 41.0 Å². The van der Waals surface area contributed by atoms with Crippen molar-refractivity contribution in [2.75, 3.05) is 19.0 Å². The van der Waals surface area contributed by atoms with Crippen LogP contribution in [-0.2, 0) is 19.4 Å². The average molecular weight is 465 g/mol. The molecule has 0 fully saturated rings. The van der Waals surface area contributed by atoms with Gasteiger partial charge in [0.1, 0.15) is 23.1 Å². The van der Waals surface area contributed by atoms with E-state index in [-0.39, 0.29) is 0 Å². The van der Waals surface area contributed by atoms with Crippen molar-refractivity contribution in [3.8, 4) is 22.8 Å². The number of ether oxygens (including phenoxy) is 2. The lowest BCUT2D eigenvalue weighted by Crippen LogP contribution is -1.99. The van der Waals surface area contributed by atoms with Crippen molar-refractivity contribution in [2.24, 2.45) is 0 Å². The maximum Gasteiger partial charge on any atom is 0.183 e. The summed E-state index contributed by atoms with van der Waals surface area (Å²) in [5, 5.41) is 4.07. The topological polar surface area (TPSA) is 43.4 Å². The van der Waals surface area contributed by atoms with Crippen molar-refractivity contribution < 1.29 is 18.3 Å². The van der Waals surface area contributed by atoms with Gasteiger partial charge in [0.25, 0.3) is 0 Å². The highest BCUT2D eigenvalue weighted by atomic mass is 32.1. The molecule has 0 radical (unpaired) electrons. The molecular weight excluding hydrogens is 442 g/mol. The lowest BCUT2D eigenvalue weighted by atomic mass is 10.1. The van der Waals surface area contributed by atoms with Crippen LogP contribution >= 0.6 is 11.3 Å². The second kappa shape index (κ2) is 9.19. The Morgan fingerprint density at radius 2 is 1.88 bits per heavy atom. The molecule has 7 heteroatoms. The summed E-state index contributed by atoms with van der Waals surface area (Å²) < 4.78 is 39.0. The maximum absolute atomic E-state index is 14.0. The van der Waals surface area contributed by atoms with Crippen molar-refractivity contribution in [3.63, 3.8) is 0 Å². The van der Waals surface area contributed by atoms with Crippen LogP contribution in [0.5, 0.6) is 11.5 Å². The van der Waals surface area contributed by atoms with E-state index in [0.717, 1.165) is 46.6 Å². The first-order valence-electron chi connectivity index (χ1n) is 10.7. The number of benzene rings is 3. The fraction of sp³-hybridized carbons (Fsp3) is 0.192. The van der Waals surface area contributed by atoms with E-state index < -0.39 is 11.6 Å². The standard InChI is InChI=1S/C26H22F2N2O2S/c1-31-22-5-3-2-4-17(22)13-24-25(19-11-20(27)14-21(28)12-19)30-26(33-24)29-15-16-6-7-23-18(10-16)8-9-32-23/h2-7,10-12,14H,8-9,13,15H2,1H3,(H,29,30). The maximum atomic E-state index is 14.0. The summed E-state index contributed by atoms with van der Waals surface area (Å²) in [6, 6.07) is 17.4. The van der Waals surface area contributed by atoms with Crippen LogP contribution in [0.2, 0.25) is 0 Å². The first-order valence-corrected chi connectivity index (χ1v) is 11.5. The first-order chi connectivity index (χ1) is 16.1. The summed E-state index contributed by atoms with van der Waals surface area (Å²) >= 11 is 1.48. The number of thiazole rings is 1. The van der Waals surface area contributed by atoms with E-state index in [1.165, 1.54) is 29.0 Å². The van der Waals surface area contributed by atoms with Gasteiger partial charge in [-0.3, -0.25) is 0 Å². The Bertz CT molecular complexity index is 1290. The van der Waals surface area contributed by atoms with E-state index in [9.17, 15) is 8.78 Å². The number of nitrogens with zero attached hydrogens (tertiary/aromatic N) is 1. The zero-order valence-corrected chi connectivity index (χ0v) is 18.8. The van der Waals surface area contributed by atoms with Gasteiger partial charge in [0.2, 0.25) is 0 Å². The third kappa shape index (κ3) is 4.68. The van der Waals surface area contributed by atoms with Crippen molar-refractivity contribution in [2.45, 2.75) is 19.4 Å². The quantitative estimate of drug-likeness (QED) is 0.352. The molecule has 0 saturated heterocycles. The number of para-hydroxylation sites is 1. The number of nitrogens with one attached hydrogen (secondary N) is 1. The predicted molar refractivity (Wildman–Crippen MR) is 126 cm³/mol. The average Bonchev–Trinajstić information content (AvgIpc) is 3.44. The molecule has 3 aromatic carbocycles. The first kappa shape index (κ1) is 21.4. The van der Waals surface area contributed by atoms with Crippen LogP contribution in [0.25, 0.3) is 11.3 Å². The second-order valence-corrected chi connectivity index (χ2v) is 8.92. The van der Waals surface area contributed by atoms with Crippen molar-refractivity contribution >= 4 is 16.5 Å². The molecule has 33 heavy (non-hydrogen) atoms. The monoisotopic (exact) mass is 464 g/mol. The van der Waals surface area contributed by atoms with Gasteiger partial charge in [-0.1, -0.05) is 30.3 Å². The predicted octanol–water partition coefficient (Wildman–Crippen LogP) is 6.23. The molecule has 4 aromatic rings. The Morgan fingerprint density at radius 3 is 2.70 bits per heavy atom. The third-order valence-corrected chi connectivity index (χ3v) is 6.59. The molecule has 0 bridgehead atoms. The van der Waals surface area contributed by atoms with Crippen LogP contribution in [0.1, 0.15) is 21.6 Å². The number of fused-ring (bicyclic) bond motifs is 1. The summed E-state index contributed by atoms with van der Waals surface area (Å²) in [6.45, 7) is 1.31. The fourth-order valence-electron chi connectivity index (χ4n) is 4.01. The van der Waals surface area contributed by atoms with Crippen LogP contribution in [0.15, 0.2) is 60.7 Å². The van der Waals surface area contributed by atoms with Crippen LogP contribution in [0.3, 0.4) is 0 Å². The van der Waals surface area contributed by atoms with E-state index in [1.54, 1.807) is 7.11 Å². The summed E-state index contributed by atoms with van der Waals surface area (Å²) in [5.41, 5.74) is 4.29. The summed E-state index contributed by atoms with van der Waals surface area (Å²) in [5.74, 6) is 0.451. The second-order valence-electron chi connectivity index (χ2n) is 7.83. The van der Waals surface area contributed by atoms with Gasteiger partial charge in [-0.2, -0.15) is 0 Å². The van der Waals surface area contributed by atoms with Crippen molar-refractivity contribution in [1.82, 2.24) is 4.98 Å². The molecule has 168 valence electrons. The fourth-order valence-corrected chi connectivity index (χ4v) is 5.02. The van der Waals surface area contributed by atoms with Crippen molar-refractivity contribution in [1.29, 1.82) is 0 Å². The Labute approximate surface area is 194 Å². The number of aromatic nitrogens is 1. The van der Waals surface area contributed by atoms with Crippen LogP contribution in [0.4, 0.5) is 13.9 Å². The normalized spacial score (nSPS) is 12.3. The van der Waals surface area contributed by atoms with Gasteiger partial charge in [0.05, 0.1) is 19.4 Å². The highest BCUT2D eigenvalue weighted by Gasteiger charge is 2.18. The minimum absolute atomic E-state index is 0.413. The van der Waals surface area contributed by atoms with Crippen molar-refractivity contribution in [3.05, 3.63) is 93.9 Å². The molecule has 1 N–H and O–H groups in total. The zero-order chi connectivity index (χ0) is 22.8. The smallest absolute Gasteiger partial charge is 0.183 e. The molecule has 0 spiro atoms. The SMILES string of the molecule is COc1ccccc1Cc1sc(NCc2ccc3c(c2)CCO3)nc1-c1cc(F)cc(F)c1. The highest BCUT2D eigenvalue weighted by molar-refractivity contribution is 7.16. The Morgan fingerprint density at radius 1 is 1.06 bits per heavy atom. The van der Waals surface area contributed by atoms with Gasteiger partial charge in [-0.15, -0.1) is 11.3 Å². The zero-order valence-electron chi connectivity index (χ0n) is 18.0. The molecule has 0 aliphatic carbocycles. The summed E-state index contributed by atoms with van der Waals surface area (Å²) in [4.78, 5) is 5.61. The number of hydrogen-bond acceptors (Lipinski definition) is 5. The molecule has 1 aliphatic heterocycles. The Balaban J connectivity index is 1.46. The molecule has 4 nitrogen and oxygen atoms in total. The van der Waals surface area contributed by atoms with E-state index >= 15 is 0 Å². The molecule has 0 unspecified atom stereocenters. The molecule has 0 atom stereocenters. The Kier molecular flexibility index (Phi) is 5.96. The van der Waals surface area contributed by atoms with Gasteiger partial charge < -0.3 is 14.8 Å². The minimum atomic E-state index is -0.629. The number of hydrogen-bond donors (Lipinski definition) is 1. The molecule has 0 saturated carbocycles. The van der Waals surface area contributed by atoms with Crippen LogP contribution in [-0.4, -0.2) is 18.7 Å². The molecule has 1 aromatic heterocycles. The van der Waals surface area contributed by atoms with E-state index in [1.807, 2.05) is 36.4 Å². The van der Waals surface area contributed by atoms with Gasteiger partial charge in [-0.25, -0.2) is 13.8 Å². The van der Waals surface area contributed by atoms with Gasteiger partial charge in [0, 0.05) is 35.9 Å². The Hall–Kier alpha value is -3.45. The number of rotatable bonds is 7. The molecule has 5 rings (SSSR count). The van der Waals surface area contributed by atoms with E-state index in [2.05, 4.69) is 11.4 Å².